The number of nitrogens with zero attached hydrogens (tertiary/aromatic N) is 2. The number of thiophene rings is 1. The molecule has 0 spiro atoms. The number of carbonyl (C=O) groups excluding carboxylic acids is 2. The lowest BCUT2D eigenvalue weighted by Crippen LogP contribution is -2.37. The van der Waals surface area contributed by atoms with Crippen molar-refractivity contribution >= 4 is 34.8 Å². The van der Waals surface area contributed by atoms with E-state index in [9.17, 15) is 14.0 Å². The summed E-state index contributed by atoms with van der Waals surface area (Å²) in [6, 6.07) is 17.3. The lowest BCUT2D eigenvalue weighted by atomic mass is 10.2. The maximum Gasteiger partial charge on any atom is 0.264 e. The lowest BCUT2D eigenvalue weighted by Gasteiger charge is -2.22. The summed E-state index contributed by atoms with van der Waals surface area (Å²) in [5.41, 5.74) is 1.09. The summed E-state index contributed by atoms with van der Waals surface area (Å²) in [7, 11) is 0. The Hall–Kier alpha value is -2.70. The van der Waals surface area contributed by atoms with E-state index in [-0.39, 0.29) is 17.4 Å². The molecule has 0 radical (unpaired) electrons. The fourth-order valence-corrected chi connectivity index (χ4v) is 4.61. The second kappa shape index (κ2) is 8.98. The Bertz CT molecular complexity index is 1070. The summed E-state index contributed by atoms with van der Waals surface area (Å²) in [4.78, 5) is 30.7. The quantitative estimate of drug-likeness (QED) is 0.559. The first-order valence-corrected chi connectivity index (χ1v) is 10.9. The molecule has 1 aromatic heterocycles. The molecule has 1 saturated heterocycles. The number of halogens is 2. The highest BCUT2D eigenvalue weighted by Gasteiger charge is 2.25. The first kappa shape index (κ1) is 20.6. The van der Waals surface area contributed by atoms with Crippen LogP contribution in [0.3, 0.4) is 0 Å². The van der Waals surface area contributed by atoms with Gasteiger partial charge in [-0.3, -0.25) is 9.59 Å². The average molecular weight is 443 g/mol. The predicted molar refractivity (Wildman–Crippen MR) is 118 cm³/mol. The summed E-state index contributed by atoms with van der Waals surface area (Å²) >= 11 is 7.39. The van der Waals surface area contributed by atoms with Crippen molar-refractivity contribution in [1.82, 2.24) is 9.80 Å². The number of rotatable bonds is 3. The second-order valence-electron chi connectivity index (χ2n) is 7.09. The zero-order valence-corrected chi connectivity index (χ0v) is 17.8. The van der Waals surface area contributed by atoms with E-state index in [4.69, 9.17) is 11.6 Å². The highest BCUT2D eigenvalue weighted by molar-refractivity contribution is 7.17. The van der Waals surface area contributed by atoms with Crippen LogP contribution in [-0.2, 0) is 0 Å². The van der Waals surface area contributed by atoms with Crippen LogP contribution < -0.4 is 0 Å². The normalized spacial score (nSPS) is 14.5. The maximum atomic E-state index is 14.0. The van der Waals surface area contributed by atoms with E-state index >= 15 is 0 Å². The molecule has 0 atom stereocenters. The van der Waals surface area contributed by atoms with Crippen molar-refractivity contribution in [3.05, 3.63) is 81.9 Å². The Labute approximate surface area is 183 Å². The molecule has 4 rings (SSSR count). The molecule has 7 heteroatoms. The van der Waals surface area contributed by atoms with Gasteiger partial charge < -0.3 is 9.80 Å². The smallest absolute Gasteiger partial charge is 0.264 e. The first-order valence-electron chi connectivity index (χ1n) is 9.72. The van der Waals surface area contributed by atoms with Gasteiger partial charge in [-0.25, -0.2) is 4.39 Å². The third-order valence-electron chi connectivity index (χ3n) is 5.12. The van der Waals surface area contributed by atoms with Crippen molar-refractivity contribution in [2.75, 3.05) is 26.2 Å². The third-order valence-corrected chi connectivity index (χ3v) is 6.49. The Morgan fingerprint density at radius 3 is 2.20 bits per heavy atom. The Balaban J connectivity index is 1.43. The molecule has 0 aliphatic carbocycles. The number of amides is 2. The van der Waals surface area contributed by atoms with Crippen molar-refractivity contribution in [3.8, 4) is 10.4 Å². The van der Waals surface area contributed by atoms with Gasteiger partial charge in [0, 0.05) is 36.1 Å². The highest BCUT2D eigenvalue weighted by Crippen LogP contribution is 2.30. The summed E-state index contributed by atoms with van der Waals surface area (Å²) in [5.74, 6) is -0.892. The van der Waals surface area contributed by atoms with Gasteiger partial charge >= 0.3 is 0 Å². The van der Waals surface area contributed by atoms with Crippen LogP contribution in [0.25, 0.3) is 10.4 Å². The van der Waals surface area contributed by atoms with E-state index in [2.05, 4.69) is 0 Å². The predicted octanol–water partition coefficient (Wildman–Crippen LogP) is 5.20. The van der Waals surface area contributed by atoms with Gasteiger partial charge in [0.15, 0.2) is 0 Å². The van der Waals surface area contributed by atoms with Crippen LogP contribution in [0, 0.1) is 5.82 Å². The van der Waals surface area contributed by atoms with Gasteiger partial charge in [0.2, 0.25) is 0 Å². The van der Waals surface area contributed by atoms with Crippen LogP contribution in [0.4, 0.5) is 4.39 Å². The molecule has 154 valence electrons. The number of hydrogen-bond donors (Lipinski definition) is 0. The molecule has 2 heterocycles. The lowest BCUT2D eigenvalue weighted by molar-refractivity contribution is 0.0718. The van der Waals surface area contributed by atoms with Crippen molar-refractivity contribution in [1.29, 1.82) is 0 Å². The molecule has 30 heavy (non-hydrogen) atoms. The molecule has 0 bridgehead atoms. The highest BCUT2D eigenvalue weighted by atomic mass is 35.5. The third kappa shape index (κ3) is 4.40. The fourth-order valence-electron chi connectivity index (χ4n) is 3.51. The van der Waals surface area contributed by atoms with Crippen LogP contribution in [-0.4, -0.2) is 47.8 Å². The van der Waals surface area contributed by atoms with E-state index in [1.807, 2.05) is 36.4 Å². The molecule has 2 aromatic carbocycles. The van der Waals surface area contributed by atoms with Crippen molar-refractivity contribution in [3.63, 3.8) is 0 Å². The molecule has 0 unspecified atom stereocenters. The number of carbonyl (C=O) groups is 2. The van der Waals surface area contributed by atoms with Crippen LogP contribution in [0.15, 0.2) is 60.7 Å². The minimum atomic E-state index is -0.520. The van der Waals surface area contributed by atoms with E-state index in [1.165, 1.54) is 23.5 Å². The Morgan fingerprint density at radius 2 is 1.50 bits per heavy atom. The molecule has 1 aliphatic heterocycles. The molecule has 4 nitrogen and oxygen atoms in total. The zero-order chi connectivity index (χ0) is 21.1. The van der Waals surface area contributed by atoms with Gasteiger partial charge in [-0.2, -0.15) is 0 Å². The maximum absolute atomic E-state index is 14.0. The molecular formula is C23H20ClFN2O2S. The SMILES string of the molecule is O=C(c1ccc(-c2ccc(Cl)cc2)s1)N1CCCN(C(=O)c2ccccc2F)CC1. The summed E-state index contributed by atoms with van der Waals surface area (Å²) in [6.07, 6.45) is 0.654. The Morgan fingerprint density at radius 1 is 0.833 bits per heavy atom. The van der Waals surface area contributed by atoms with Crippen molar-refractivity contribution in [2.45, 2.75) is 6.42 Å². The van der Waals surface area contributed by atoms with Crippen molar-refractivity contribution in [2.24, 2.45) is 0 Å². The molecule has 2 amide bonds. The molecule has 0 saturated carbocycles. The van der Waals surface area contributed by atoms with Crippen LogP contribution in [0.1, 0.15) is 26.5 Å². The standard InChI is InChI=1S/C23H20ClFN2O2S/c24-17-8-6-16(7-9-17)20-10-11-21(30-20)23(29)27-13-3-12-26(14-15-27)22(28)18-4-1-2-5-19(18)25/h1-2,4-11H,3,12-15H2. The fraction of sp³-hybridized carbons (Fsp3) is 0.217. The second-order valence-corrected chi connectivity index (χ2v) is 8.61. The largest absolute Gasteiger partial charge is 0.337 e. The van der Waals surface area contributed by atoms with Crippen molar-refractivity contribution < 1.29 is 14.0 Å². The molecule has 3 aromatic rings. The number of benzene rings is 2. The van der Waals surface area contributed by atoms with Crippen LogP contribution in [0.5, 0.6) is 0 Å². The van der Waals surface area contributed by atoms with E-state index in [0.29, 0.717) is 42.5 Å². The summed E-state index contributed by atoms with van der Waals surface area (Å²) in [6.45, 7) is 1.87. The summed E-state index contributed by atoms with van der Waals surface area (Å²) in [5, 5.41) is 0.672. The van der Waals surface area contributed by atoms with Gasteiger partial charge in [0.25, 0.3) is 11.8 Å². The summed E-state index contributed by atoms with van der Waals surface area (Å²) < 4.78 is 14.0. The minimum Gasteiger partial charge on any atom is -0.337 e. The number of hydrogen-bond acceptors (Lipinski definition) is 3. The van der Waals surface area contributed by atoms with Crippen LogP contribution in [0.2, 0.25) is 5.02 Å². The zero-order valence-electron chi connectivity index (χ0n) is 16.2. The topological polar surface area (TPSA) is 40.6 Å². The van der Waals surface area contributed by atoms with Gasteiger partial charge in [-0.05, 0) is 48.4 Å². The Kier molecular flexibility index (Phi) is 6.16. The van der Waals surface area contributed by atoms with E-state index in [1.54, 1.807) is 21.9 Å². The van der Waals surface area contributed by atoms with Gasteiger partial charge in [-0.1, -0.05) is 35.9 Å². The van der Waals surface area contributed by atoms with Gasteiger partial charge in [-0.15, -0.1) is 11.3 Å². The van der Waals surface area contributed by atoms with E-state index < -0.39 is 5.82 Å². The van der Waals surface area contributed by atoms with Gasteiger partial charge in [0.1, 0.15) is 5.82 Å². The van der Waals surface area contributed by atoms with Crippen LogP contribution >= 0.6 is 22.9 Å². The average Bonchev–Trinajstić information content (AvgIpc) is 3.11. The molecule has 0 N–H and O–H groups in total. The molecule has 1 fully saturated rings. The van der Waals surface area contributed by atoms with Gasteiger partial charge in [0.05, 0.1) is 10.4 Å². The monoisotopic (exact) mass is 442 g/mol. The minimum absolute atomic E-state index is 0.0413. The van der Waals surface area contributed by atoms with E-state index in [0.717, 1.165) is 10.4 Å². The first-order chi connectivity index (χ1) is 14.5. The molecular weight excluding hydrogens is 423 g/mol. The molecule has 1 aliphatic rings.